The van der Waals surface area contributed by atoms with Crippen LogP contribution in [0.25, 0.3) is 10.9 Å². The van der Waals surface area contributed by atoms with Gasteiger partial charge >= 0.3 is 6.03 Å². The van der Waals surface area contributed by atoms with E-state index in [1.807, 2.05) is 68.6 Å². The van der Waals surface area contributed by atoms with Crippen molar-refractivity contribution in [2.45, 2.75) is 20.0 Å². The van der Waals surface area contributed by atoms with E-state index in [-0.39, 0.29) is 12.1 Å². The van der Waals surface area contributed by atoms with E-state index in [1.165, 1.54) is 0 Å². The lowest BCUT2D eigenvalue weighted by molar-refractivity contribution is 0.243. The summed E-state index contributed by atoms with van der Waals surface area (Å²) in [4.78, 5) is 15.3. The summed E-state index contributed by atoms with van der Waals surface area (Å²) in [5.41, 5.74) is 2.34. The Labute approximate surface area is 134 Å². The first kappa shape index (κ1) is 15.0. The minimum atomic E-state index is -0.310. The molecule has 0 unspecified atom stereocenters. The van der Waals surface area contributed by atoms with Crippen LogP contribution in [0.2, 0.25) is 0 Å². The molecule has 0 aliphatic carbocycles. The minimum Gasteiger partial charge on any atom is -0.489 e. The van der Waals surface area contributed by atoms with E-state index in [9.17, 15) is 4.79 Å². The van der Waals surface area contributed by atoms with Crippen molar-refractivity contribution in [3.8, 4) is 5.75 Å². The van der Waals surface area contributed by atoms with E-state index >= 15 is 0 Å². The van der Waals surface area contributed by atoms with Crippen molar-refractivity contribution in [3.05, 3.63) is 54.7 Å². The van der Waals surface area contributed by atoms with Crippen molar-refractivity contribution in [3.63, 3.8) is 0 Å². The fourth-order valence-electron chi connectivity index (χ4n) is 2.34. The number of ether oxygens (including phenoxy) is 1. The van der Waals surface area contributed by atoms with Gasteiger partial charge in [0.2, 0.25) is 0 Å². The number of aromatic nitrogens is 1. The summed E-state index contributed by atoms with van der Waals surface area (Å²) >= 11 is 0. The van der Waals surface area contributed by atoms with Crippen LogP contribution in [-0.4, -0.2) is 17.1 Å². The van der Waals surface area contributed by atoms with E-state index in [0.29, 0.717) is 11.4 Å². The Morgan fingerprint density at radius 2 is 1.91 bits per heavy atom. The molecule has 0 saturated carbocycles. The highest BCUT2D eigenvalue weighted by molar-refractivity contribution is 6.01. The molecule has 0 atom stereocenters. The second-order valence-corrected chi connectivity index (χ2v) is 5.52. The van der Waals surface area contributed by atoms with E-state index in [2.05, 4.69) is 15.6 Å². The molecule has 3 aromatic rings. The zero-order valence-electron chi connectivity index (χ0n) is 13.1. The Kier molecular flexibility index (Phi) is 4.19. The number of hydrogen-bond acceptors (Lipinski definition) is 2. The fourth-order valence-corrected chi connectivity index (χ4v) is 2.34. The highest BCUT2D eigenvalue weighted by atomic mass is 16.5. The van der Waals surface area contributed by atoms with Gasteiger partial charge in [-0.3, -0.25) is 0 Å². The van der Waals surface area contributed by atoms with Gasteiger partial charge in [0.25, 0.3) is 0 Å². The van der Waals surface area contributed by atoms with Crippen molar-refractivity contribution >= 4 is 28.3 Å². The lowest BCUT2D eigenvalue weighted by Crippen LogP contribution is -2.20. The Morgan fingerprint density at radius 1 is 1.09 bits per heavy atom. The number of urea groups is 1. The van der Waals surface area contributed by atoms with Crippen LogP contribution in [0.4, 0.5) is 16.2 Å². The van der Waals surface area contributed by atoms with Crippen molar-refractivity contribution in [2.24, 2.45) is 0 Å². The lowest BCUT2D eigenvalue weighted by atomic mass is 10.2. The van der Waals surface area contributed by atoms with E-state index < -0.39 is 0 Å². The Hall–Kier alpha value is -2.95. The second-order valence-electron chi connectivity index (χ2n) is 5.52. The molecule has 0 saturated heterocycles. The fraction of sp³-hybridized carbons (Fsp3) is 0.167. The summed E-state index contributed by atoms with van der Waals surface area (Å²) < 4.78 is 5.70. The largest absolute Gasteiger partial charge is 0.489 e. The maximum atomic E-state index is 12.2. The molecule has 0 aliphatic rings. The molecule has 1 aromatic heterocycles. The van der Waals surface area contributed by atoms with Crippen LogP contribution >= 0.6 is 0 Å². The van der Waals surface area contributed by atoms with Gasteiger partial charge in [-0.2, -0.15) is 0 Å². The monoisotopic (exact) mass is 309 g/mol. The van der Waals surface area contributed by atoms with Gasteiger partial charge in [-0.1, -0.05) is 18.2 Å². The maximum absolute atomic E-state index is 12.2. The third kappa shape index (κ3) is 3.63. The van der Waals surface area contributed by atoms with Gasteiger partial charge in [-0.25, -0.2) is 4.79 Å². The Morgan fingerprint density at radius 3 is 2.74 bits per heavy atom. The molecule has 0 fully saturated rings. The van der Waals surface area contributed by atoms with Crippen LogP contribution in [-0.2, 0) is 0 Å². The molecular weight excluding hydrogens is 290 g/mol. The standard InChI is InChI=1S/C18H19N3O2/c1-12(2)23-17-6-4-3-5-15(17)21-18(22)20-14-8-7-13-9-10-19-16(13)11-14/h3-12,19H,1-2H3,(H2,20,21,22). The molecule has 3 N–H and O–H groups in total. The van der Waals surface area contributed by atoms with Crippen molar-refractivity contribution in [1.82, 2.24) is 4.98 Å². The number of fused-ring (bicyclic) bond motifs is 1. The van der Waals surface area contributed by atoms with Crippen LogP contribution in [0.3, 0.4) is 0 Å². The summed E-state index contributed by atoms with van der Waals surface area (Å²) in [6, 6.07) is 14.8. The van der Waals surface area contributed by atoms with Gasteiger partial charge in [0.15, 0.2) is 0 Å². The van der Waals surface area contributed by atoms with Crippen molar-refractivity contribution < 1.29 is 9.53 Å². The van der Waals surface area contributed by atoms with Crippen LogP contribution < -0.4 is 15.4 Å². The number of H-pyrrole nitrogens is 1. The molecule has 23 heavy (non-hydrogen) atoms. The number of para-hydroxylation sites is 2. The molecule has 5 heteroatoms. The molecule has 2 aromatic carbocycles. The molecular formula is C18H19N3O2. The highest BCUT2D eigenvalue weighted by Gasteiger charge is 2.09. The van der Waals surface area contributed by atoms with Crippen LogP contribution in [0.5, 0.6) is 5.75 Å². The van der Waals surface area contributed by atoms with Gasteiger partial charge in [0.1, 0.15) is 5.75 Å². The zero-order chi connectivity index (χ0) is 16.2. The molecule has 0 bridgehead atoms. The first-order chi connectivity index (χ1) is 11.1. The molecule has 0 radical (unpaired) electrons. The minimum absolute atomic E-state index is 0.0382. The number of carbonyl (C=O) groups excluding carboxylic acids is 1. The van der Waals surface area contributed by atoms with Crippen LogP contribution in [0.1, 0.15) is 13.8 Å². The van der Waals surface area contributed by atoms with Gasteiger partial charge in [0, 0.05) is 17.4 Å². The normalized spacial score (nSPS) is 10.7. The lowest BCUT2D eigenvalue weighted by Gasteiger charge is -2.15. The van der Waals surface area contributed by atoms with E-state index in [0.717, 1.165) is 16.6 Å². The molecule has 3 rings (SSSR count). The Balaban J connectivity index is 1.71. The van der Waals surface area contributed by atoms with Crippen molar-refractivity contribution in [1.29, 1.82) is 0 Å². The molecule has 118 valence electrons. The summed E-state index contributed by atoms with van der Waals surface area (Å²) in [5, 5.41) is 6.75. The number of rotatable bonds is 4. The Bertz CT molecular complexity index is 824. The smallest absolute Gasteiger partial charge is 0.323 e. The maximum Gasteiger partial charge on any atom is 0.323 e. The molecule has 1 heterocycles. The quantitative estimate of drug-likeness (QED) is 0.659. The van der Waals surface area contributed by atoms with Gasteiger partial charge < -0.3 is 20.4 Å². The third-order valence-corrected chi connectivity index (χ3v) is 3.31. The highest BCUT2D eigenvalue weighted by Crippen LogP contribution is 2.25. The number of nitrogens with one attached hydrogen (secondary N) is 3. The topological polar surface area (TPSA) is 66.2 Å². The molecule has 0 aliphatic heterocycles. The number of hydrogen-bond donors (Lipinski definition) is 3. The number of carbonyl (C=O) groups is 1. The number of amides is 2. The van der Waals surface area contributed by atoms with Gasteiger partial charge in [0.05, 0.1) is 11.8 Å². The van der Waals surface area contributed by atoms with Gasteiger partial charge in [-0.15, -0.1) is 0 Å². The average molecular weight is 309 g/mol. The van der Waals surface area contributed by atoms with E-state index in [1.54, 1.807) is 0 Å². The first-order valence-electron chi connectivity index (χ1n) is 7.52. The van der Waals surface area contributed by atoms with Crippen molar-refractivity contribution in [2.75, 3.05) is 10.6 Å². The van der Waals surface area contributed by atoms with Crippen LogP contribution in [0, 0.1) is 0 Å². The van der Waals surface area contributed by atoms with E-state index in [4.69, 9.17) is 4.74 Å². The summed E-state index contributed by atoms with van der Waals surface area (Å²) in [6.07, 6.45) is 1.91. The number of aromatic amines is 1. The zero-order valence-corrected chi connectivity index (χ0v) is 13.1. The van der Waals surface area contributed by atoms with Crippen LogP contribution in [0.15, 0.2) is 54.7 Å². The SMILES string of the molecule is CC(C)Oc1ccccc1NC(=O)Nc1ccc2cc[nH]c2c1. The predicted octanol–water partition coefficient (Wildman–Crippen LogP) is 4.60. The number of benzene rings is 2. The van der Waals surface area contributed by atoms with Gasteiger partial charge in [-0.05, 0) is 49.6 Å². The summed E-state index contributed by atoms with van der Waals surface area (Å²) in [5.74, 6) is 0.650. The molecule has 2 amide bonds. The predicted molar refractivity (Wildman–Crippen MR) is 93.1 cm³/mol. The second kappa shape index (κ2) is 6.44. The molecule has 5 nitrogen and oxygen atoms in total. The summed E-state index contributed by atoms with van der Waals surface area (Å²) in [7, 11) is 0. The average Bonchev–Trinajstić information content (AvgIpc) is 2.96. The third-order valence-electron chi connectivity index (χ3n) is 3.31. The molecule has 0 spiro atoms. The summed E-state index contributed by atoms with van der Waals surface area (Å²) in [6.45, 7) is 3.89. The first-order valence-corrected chi connectivity index (χ1v) is 7.52. The number of anilines is 2.